The van der Waals surface area contributed by atoms with Gasteiger partial charge < -0.3 is 9.47 Å². The Bertz CT molecular complexity index is 867. The molecule has 1 aromatic heterocycles. The van der Waals surface area contributed by atoms with E-state index in [0.717, 1.165) is 24.2 Å². The molecular weight excluding hydrogens is 335 g/mol. The van der Waals surface area contributed by atoms with Crippen LogP contribution >= 0.6 is 0 Å². The molecule has 0 radical (unpaired) electrons. The van der Waals surface area contributed by atoms with Crippen LogP contribution in [-0.2, 0) is 13.0 Å². The van der Waals surface area contributed by atoms with Crippen molar-refractivity contribution in [3.8, 4) is 0 Å². The Morgan fingerprint density at radius 1 is 1.11 bits per heavy atom. The summed E-state index contributed by atoms with van der Waals surface area (Å²) in [6, 6.07) is 9.74. The minimum atomic E-state index is -0.192. The van der Waals surface area contributed by atoms with Crippen molar-refractivity contribution in [1.29, 1.82) is 0 Å². The van der Waals surface area contributed by atoms with Crippen molar-refractivity contribution in [1.82, 2.24) is 9.47 Å². The summed E-state index contributed by atoms with van der Waals surface area (Å²) in [5.41, 5.74) is 7.35. The number of rotatable bonds is 4. The van der Waals surface area contributed by atoms with Gasteiger partial charge in [0.15, 0.2) is 0 Å². The third-order valence-corrected chi connectivity index (χ3v) is 6.12. The largest absolute Gasteiger partial charge is 0.341 e. The second-order valence-corrected chi connectivity index (χ2v) is 7.90. The number of allylic oxidation sites excluding steroid dienone is 1. The van der Waals surface area contributed by atoms with E-state index in [1.165, 1.54) is 66.9 Å². The lowest BCUT2D eigenvalue weighted by molar-refractivity contribution is 0.346. The van der Waals surface area contributed by atoms with E-state index >= 15 is 0 Å². The number of fused-ring (bicyclic) bond motifs is 1. The van der Waals surface area contributed by atoms with Crippen LogP contribution in [-0.4, -0.2) is 9.47 Å². The maximum atomic E-state index is 13.2. The van der Waals surface area contributed by atoms with E-state index in [1.807, 2.05) is 12.1 Å². The van der Waals surface area contributed by atoms with Gasteiger partial charge in [0.1, 0.15) is 5.82 Å². The van der Waals surface area contributed by atoms with Gasteiger partial charge >= 0.3 is 0 Å². The number of aromatic nitrogens is 1. The maximum absolute atomic E-state index is 13.2. The predicted molar refractivity (Wildman–Crippen MR) is 111 cm³/mol. The van der Waals surface area contributed by atoms with Gasteiger partial charge in [0.2, 0.25) is 0 Å². The summed E-state index contributed by atoms with van der Waals surface area (Å²) in [6.07, 6.45) is 9.97. The SMILES string of the molecule is C=C1c2cc(CC)n(C3CCCCC3)c2C=C(C)N1Cc1ccc(F)cc1. The molecule has 2 aliphatic rings. The Kier molecular flexibility index (Phi) is 4.94. The highest BCUT2D eigenvalue weighted by Crippen LogP contribution is 2.40. The van der Waals surface area contributed by atoms with E-state index in [1.54, 1.807) is 0 Å². The molecule has 142 valence electrons. The molecule has 1 saturated carbocycles. The number of hydrogen-bond donors (Lipinski definition) is 0. The fraction of sp³-hybridized carbons (Fsp3) is 0.417. The highest BCUT2D eigenvalue weighted by molar-refractivity contribution is 5.78. The molecule has 1 aromatic carbocycles. The van der Waals surface area contributed by atoms with E-state index in [-0.39, 0.29) is 5.82 Å². The third kappa shape index (κ3) is 3.36. The Morgan fingerprint density at radius 3 is 2.48 bits per heavy atom. The Hall–Kier alpha value is -2.29. The van der Waals surface area contributed by atoms with E-state index in [4.69, 9.17) is 0 Å². The van der Waals surface area contributed by atoms with Crippen molar-refractivity contribution >= 4 is 11.8 Å². The van der Waals surface area contributed by atoms with Crippen LogP contribution in [0.25, 0.3) is 11.8 Å². The summed E-state index contributed by atoms with van der Waals surface area (Å²) in [5.74, 6) is -0.192. The second kappa shape index (κ2) is 7.38. The minimum Gasteiger partial charge on any atom is -0.341 e. The van der Waals surface area contributed by atoms with E-state index in [9.17, 15) is 4.39 Å². The number of hydrogen-bond acceptors (Lipinski definition) is 1. The highest BCUT2D eigenvalue weighted by Gasteiger charge is 2.28. The lowest BCUT2D eigenvalue weighted by atomic mass is 9.94. The van der Waals surface area contributed by atoms with E-state index in [2.05, 4.69) is 42.0 Å². The molecule has 0 spiro atoms. The van der Waals surface area contributed by atoms with Gasteiger partial charge in [-0.1, -0.05) is 44.9 Å². The molecule has 0 saturated heterocycles. The lowest BCUT2D eigenvalue weighted by Gasteiger charge is -2.33. The van der Waals surface area contributed by atoms with Crippen molar-refractivity contribution in [2.24, 2.45) is 0 Å². The molecule has 1 aliphatic carbocycles. The first kappa shape index (κ1) is 18.1. The molecule has 1 aliphatic heterocycles. The van der Waals surface area contributed by atoms with Gasteiger partial charge in [0, 0.05) is 35.2 Å². The van der Waals surface area contributed by atoms with Gasteiger partial charge in [-0.3, -0.25) is 0 Å². The predicted octanol–water partition coefficient (Wildman–Crippen LogP) is 6.54. The Labute approximate surface area is 162 Å². The molecule has 2 heterocycles. The molecule has 1 fully saturated rings. The molecule has 0 atom stereocenters. The van der Waals surface area contributed by atoms with Crippen LogP contribution in [0.1, 0.15) is 74.5 Å². The molecule has 0 unspecified atom stereocenters. The number of aryl methyl sites for hydroxylation is 1. The van der Waals surface area contributed by atoms with Gasteiger partial charge in [-0.15, -0.1) is 0 Å². The van der Waals surface area contributed by atoms with Crippen molar-refractivity contribution in [2.75, 3.05) is 0 Å². The van der Waals surface area contributed by atoms with Crippen molar-refractivity contribution in [2.45, 2.75) is 65.0 Å². The fourth-order valence-electron chi connectivity index (χ4n) is 4.64. The quantitative estimate of drug-likeness (QED) is 0.598. The smallest absolute Gasteiger partial charge is 0.123 e. The van der Waals surface area contributed by atoms with Crippen LogP contribution < -0.4 is 0 Å². The van der Waals surface area contributed by atoms with Crippen molar-refractivity contribution in [3.05, 3.63) is 70.9 Å². The molecule has 0 amide bonds. The molecule has 0 N–H and O–H groups in total. The highest BCUT2D eigenvalue weighted by atomic mass is 19.1. The van der Waals surface area contributed by atoms with Crippen LogP contribution in [0, 0.1) is 5.82 Å². The third-order valence-electron chi connectivity index (χ3n) is 6.12. The number of nitrogens with zero attached hydrogens (tertiary/aromatic N) is 2. The topological polar surface area (TPSA) is 8.17 Å². The van der Waals surface area contributed by atoms with E-state index in [0.29, 0.717) is 6.04 Å². The molecule has 4 rings (SSSR count). The van der Waals surface area contributed by atoms with Crippen molar-refractivity contribution in [3.63, 3.8) is 0 Å². The monoisotopic (exact) mass is 364 g/mol. The number of benzene rings is 1. The second-order valence-electron chi connectivity index (χ2n) is 7.90. The van der Waals surface area contributed by atoms with E-state index < -0.39 is 0 Å². The fourth-order valence-corrected chi connectivity index (χ4v) is 4.64. The molecular formula is C24H29FN2. The van der Waals surface area contributed by atoms with Crippen LogP contribution in [0.5, 0.6) is 0 Å². The van der Waals surface area contributed by atoms with Gasteiger partial charge in [0.05, 0.1) is 5.69 Å². The standard InChI is InChI=1S/C24H29FN2/c1-4-21-15-23-18(3)26(16-19-10-12-20(25)13-11-19)17(2)14-24(23)27(21)22-8-6-5-7-9-22/h10-15,22H,3-9,16H2,1-2H3. The maximum Gasteiger partial charge on any atom is 0.123 e. The Balaban J connectivity index is 1.69. The summed E-state index contributed by atoms with van der Waals surface area (Å²) in [7, 11) is 0. The Morgan fingerprint density at radius 2 is 1.81 bits per heavy atom. The summed E-state index contributed by atoms with van der Waals surface area (Å²) in [5, 5.41) is 0. The summed E-state index contributed by atoms with van der Waals surface area (Å²) in [4.78, 5) is 2.25. The van der Waals surface area contributed by atoms with Crippen molar-refractivity contribution < 1.29 is 4.39 Å². The van der Waals surface area contributed by atoms with Gasteiger partial charge in [-0.2, -0.15) is 0 Å². The zero-order chi connectivity index (χ0) is 19.0. The first-order chi connectivity index (χ1) is 13.1. The van der Waals surface area contributed by atoms with Crippen LogP contribution in [0.3, 0.4) is 0 Å². The van der Waals surface area contributed by atoms with Gasteiger partial charge in [-0.05, 0) is 56.0 Å². The first-order valence-electron chi connectivity index (χ1n) is 10.2. The van der Waals surface area contributed by atoms with Gasteiger partial charge in [-0.25, -0.2) is 4.39 Å². The molecule has 0 bridgehead atoms. The summed E-state index contributed by atoms with van der Waals surface area (Å²) >= 11 is 0. The van der Waals surface area contributed by atoms with Crippen LogP contribution in [0.4, 0.5) is 4.39 Å². The zero-order valence-electron chi connectivity index (χ0n) is 16.5. The molecule has 27 heavy (non-hydrogen) atoms. The molecule has 2 aromatic rings. The molecule has 3 heteroatoms. The molecule has 2 nitrogen and oxygen atoms in total. The normalized spacial score (nSPS) is 17.8. The average molecular weight is 365 g/mol. The summed E-state index contributed by atoms with van der Waals surface area (Å²) < 4.78 is 15.8. The van der Waals surface area contributed by atoms with Crippen LogP contribution in [0.15, 0.2) is 42.6 Å². The van der Waals surface area contributed by atoms with Crippen LogP contribution in [0.2, 0.25) is 0 Å². The average Bonchev–Trinajstić information content (AvgIpc) is 3.06. The summed E-state index contributed by atoms with van der Waals surface area (Å²) in [6.45, 7) is 9.55. The van der Waals surface area contributed by atoms with Gasteiger partial charge in [0.25, 0.3) is 0 Å². The minimum absolute atomic E-state index is 0.192. The first-order valence-corrected chi connectivity index (χ1v) is 10.2. The zero-order valence-corrected chi connectivity index (χ0v) is 16.5. The lowest BCUT2D eigenvalue weighted by Crippen LogP contribution is -2.24. The number of halogens is 1.